The summed E-state index contributed by atoms with van der Waals surface area (Å²) in [6.07, 6.45) is -3.29. The zero-order chi connectivity index (χ0) is 9.56. The Hall–Kier alpha value is -2.19. The molecule has 9 heteroatoms. The Morgan fingerprint density at radius 3 is 2.50 bits per heavy atom. The third kappa shape index (κ3) is 4.67. The quantitative estimate of drug-likeness (QED) is 0.0874. The summed E-state index contributed by atoms with van der Waals surface area (Å²) in [5, 5.41) is 10.7. The summed E-state index contributed by atoms with van der Waals surface area (Å²) in [5.41, 5.74) is 6.59. The SMILES string of the molecule is NN=C(N)NOC(=O)OC(=O)O. The molecular formula is C3H6N4O5. The number of hydroxylamine groups is 1. The molecule has 9 nitrogen and oxygen atoms in total. The van der Waals surface area contributed by atoms with Crippen LogP contribution in [0.1, 0.15) is 0 Å². The molecular weight excluding hydrogens is 172 g/mol. The molecule has 0 amide bonds. The van der Waals surface area contributed by atoms with E-state index in [9.17, 15) is 9.59 Å². The number of guanidine groups is 1. The summed E-state index contributed by atoms with van der Waals surface area (Å²) < 4.78 is 3.49. The van der Waals surface area contributed by atoms with Gasteiger partial charge in [0, 0.05) is 0 Å². The van der Waals surface area contributed by atoms with E-state index in [-0.39, 0.29) is 0 Å². The van der Waals surface area contributed by atoms with Gasteiger partial charge in [0.2, 0.25) is 5.96 Å². The lowest BCUT2D eigenvalue weighted by Crippen LogP contribution is -2.35. The molecule has 0 bridgehead atoms. The van der Waals surface area contributed by atoms with Crippen LogP contribution in [0.2, 0.25) is 0 Å². The van der Waals surface area contributed by atoms with E-state index < -0.39 is 18.3 Å². The normalized spacial score (nSPS) is 10.2. The molecule has 0 heterocycles. The summed E-state index contributed by atoms with van der Waals surface area (Å²) in [6.45, 7) is 0. The van der Waals surface area contributed by atoms with Gasteiger partial charge in [0.15, 0.2) is 0 Å². The lowest BCUT2D eigenvalue weighted by atomic mass is 11.1. The van der Waals surface area contributed by atoms with E-state index in [1.54, 1.807) is 5.48 Å². The van der Waals surface area contributed by atoms with Gasteiger partial charge in [-0.05, 0) is 0 Å². The van der Waals surface area contributed by atoms with Crippen LogP contribution in [0.25, 0.3) is 0 Å². The third-order valence-corrected chi connectivity index (χ3v) is 0.549. The zero-order valence-electron chi connectivity index (χ0n) is 5.68. The average molecular weight is 178 g/mol. The largest absolute Gasteiger partial charge is 0.543 e. The van der Waals surface area contributed by atoms with Crippen molar-refractivity contribution in [3.05, 3.63) is 0 Å². The molecule has 0 atom stereocenters. The first kappa shape index (κ1) is 9.81. The highest BCUT2D eigenvalue weighted by molar-refractivity contribution is 5.79. The van der Waals surface area contributed by atoms with Crippen LogP contribution in [0.4, 0.5) is 9.59 Å². The van der Waals surface area contributed by atoms with E-state index in [4.69, 9.17) is 10.8 Å². The van der Waals surface area contributed by atoms with Crippen LogP contribution in [-0.2, 0) is 9.57 Å². The molecule has 0 aromatic rings. The fourth-order valence-electron chi connectivity index (χ4n) is 0.212. The number of nitrogens with zero attached hydrogens (tertiary/aromatic N) is 1. The molecule has 0 aliphatic rings. The Kier molecular flexibility index (Phi) is 3.76. The molecule has 12 heavy (non-hydrogen) atoms. The first-order valence-corrected chi connectivity index (χ1v) is 2.47. The molecule has 0 aromatic carbocycles. The van der Waals surface area contributed by atoms with E-state index in [1.807, 2.05) is 0 Å². The van der Waals surface area contributed by atoms with Crippen LogP contribution in [0.5, 0.6) is 0 Å². The smallest absolute Gasteiger partial charge is 0.449 e. The Morgan fingerprint density at radius 1 is 1.50 bits per heavy atom. The Morgan fingerprint density at radius 2 is 2.08 bits per heavy atom. The second-order valence-electron chi connectivity index (χ2n) is 1.34. The minimum Gasteiger partial charge on any atom is -0.449 e. The van der Waals surface area contributed by atoms with Crippen molar-refractivity contribution in [2.24, 2.45) is 16.7 Å². The molecule has 0 unspecified atom stereocenters. The molecule has 68 valence electrons. The highest BCUT2D eigenvalue weighted by Crippen LogP contribution is 1.81. The topological polar surface area (TPSA) is 149 Å². The van der Waals surface area contributed by atoms with Gasteiger partial charge in [-0.3, -0.25) is 0 Å². The number of carboxylic acid groups (broad SMARTS) is 1. The summed E-state index contributed by atoms with van der Waals surface area (Å²) in [6, 6.07) is 0. The number of carbonyl (C=O) groups is 2. The number of hydrazone groups is 1. The highest BCUT2D eigenvalue weighted by atomic mass is 16.8. The van der Waals surface area contributed by atoms with Crippen LogP contribution >= 0.6 is 0 Å². The minimum atomic E-state index is -1.80. The molecule has 0 radical (unpaired) electrons. The van der Waals surface area contributed by atoms with Gasteiger partial charge >= 0.3 is 12.3 Å². The van der Waals surface area contributed by atoms with Gasteiger partial charge in [0.05, 0.1) is 0 Å². The zero-order valence-corrected chi connectivity index (χ0v) is 5.68. The Labute approximate surface area is 65.9 Å². The average Bonchev–Trinajstić information content (AvgIpc) is 1.99. The van der Waals surface area contributed by atoms with Crippen molar-refractivity contribution in [3.63, 3.8) is 0 Å². The van der Waals surface area contributed by atoms with E-state index in [0.717, 1.165) is 0 Å². The van der Waals surface area contributed by atoms with Crippen LogP contribution in [0, 0.1) is 0 Å². The van der Waals surface area contributed by atoms with Crippen molar-refractivity contribution in [1.82, 2.24) is 5.48 Å². The molecule has 0 aromatic heterocycles. The molecule has 0 fully saturated rings. The summed E-state index contributed by atoms with van der Waals surface area (Å²) in [4.78, 5) is 23.8. The van der Waals surface area contributed by atoms with Crippen LogP contribution < -0.4 is 17.1 Å². The van der Waals surface area contributed by atoms with Gasteiger partial charge in [-0.1, -0.05) is 0 Å². The maximum absolute atomic E-state index is 10.2. The van der Waals surface area contributed by atoms with Crippen LogP contribution in [0.15, 0.2) is 5.10 Å². The lowest BCUT2D eigenvalue weighted by molar-refractivity contribution is 0.0386. The number of nitrogens with two attached hydrogens (primary N) is 2. The summed E-state index contributed by atoms with van der Waals surface area (Å²) in [5.74, 6) is 4.21. The number of hydrogen-bond donors (Lipinski definition) is 4. The van der Waals surface area contributed by atoms with Gasteiger partial charge in [-0.15, -0.1) is 5.10 Å². The van der Waals surface area contributed by atoms with Crippen LogP contribution in [-0.4, -0.2) is 23.4 Å². The molecule has 6 N–H and O–H groups in total. The highest BCUT2D eigenvalue weighted by Gasteiger charge is 2.09. The van der Waals surface area contributed by atoms with Gasteiger partial charge in [-0.2, -0.15) is 5.48 Å². The second kappa shape index (κ2) is 4.60. The molecule has 0 saturated heterocycles. The predicted octanol–water partition coefficient (Wildman–Crippen LogP) is -1.49. The molecule has 0 spiro atoms. The first-order chi connectivity index (χ1) is 5.56. The number of ether oxygens (including phenoxy) is 1. The van der Waals surface area contributed by atoms with E-state index >= 15 is 0 Å². The maximum Gasteiger partial charge on any atom is 0.543 e. The fraction of sp³-hybridized carbons (Fsp3) is 0. The van der Waals surface area contributed by atoms with Crippen molar-refractivity contribution >= 4 is 18.3 Å². The summed E-state index contributed by atoms with van der Waals surface area (Å²) in [7, 11) is 0. The summed E-state index contributed by atoms with van der Waals surface area (Å²) >= 11 is 0. The maximum atomic E-state index is 10.2. The van der Waals surface area contributed by atoms with E-state index in [1.165, 1.54) is 0 Å². The minimum absolute atomic E-state index is 0.405. The number of hydrogen-bond acceptors (Lipinski definition) is 6. The van der Waals surface area contributed by atoms with Gasteiger partial charge in [-0.25, -0.2) is 9.59 Å². The van der Waals surface area contributed by atoms with Crippen molar-refractivity contribution in [2.45, 2.75) is 0 Å². The predicted molar refractivity (Wildman–Crippen MR) is 34.5 cm³/mol. The molecule has 0 rings (SSSR count). The number of carbonyl (C=O) groups excluding carboxylic acids is 1. The second-order valence-corrected chi connectivity index (χ2v) is 1.34. The van der Waals surface area contributed by atoms with Gasteiger partial charge in [0.1, 0.15) is 0 Å². The number of rotatable bonds is 0. The van der Waals surface area contributed by atoms with E-state index in [0.29, 0.717) is 0 Å². The van der Waals surface area contributed by atoms with Gasteiger partial charge in [0.25, 0.3) is 0 Å². The fourth-order valence-corrected chi connectivity index (χ4v) is 0.212. The lowest BCUT2D eigenvalue weighted by Gasteiger charge is -2.01. The monoisotopic (exact) mass is 178 g/mol. The Bertz CT molecular complexity index is 213. The van der Waals surface area contributed by atoms with E-state index in [2.05, 4.69) is 20.5 Å². The molecule has 0 saturated carbocycles. The first-order valence-electron chi connectivity index (χ1n) is 2.47. The van der Waals surface area contributed by atoms with Crippen molar-refractivity contribution in [2.75, 3.05) is 0 Å². The third-order valence-electron chi connectivity index (χ3n) is 0.549. The van der Waals surface area contributed by atoms with Crippen molar-refractivity contribution in [3.8, 4) is 0 Å². The molecule has 0 aliphatic carbocycles. The van der Waals surface area contributed by atoms with Gasteiger partial charge < -0.3 is 26.3 Å². The Balaban J connectivity index is 3.65. The standard InChI is InChI=1S/C3H6N4O5/c4-1(6-5)7-12-3(10)11-2(8)9/h5H2,(H,8,9)(H3,4,6,7). The van der Waals surface area contributed by atoms with Crippen molar-refractivity contribution < 1.29 is 24.3 Å². The number of nitrogens with one attached hydrogen (secondary N) is 1. The molecule has 0 aliphatic heterocycles. The van der Waals surface area contributed by atoms with Crippen molar-refractivity contribution in [1.29, 1.82) is 0 Å². The van der Waals surface area contributed by atoms with Crippen LogP contribution in [0.3, 0.4) is 0 Å².